The van der Waals surface area contributed by atoms with Crippen LogP contribution in [0.3, 0.4) is 0 Å². The number of carbonyl (C=O) groups is 1. The smallest absolute Gasteiger partial charge is 0.422 e. The van der Waals surface area contributed by atoms with Gasteiger partial charge in [0, 0.05) is 26.0 Å². The van der Waals surface area contributed by atoms with Crippen molar-refractivity contribution in [2.24, 2.45) is 13.0 Å². The van der Waals surface area contributed by atoms with E-state index in [1.54, 1.807) is 18.2 Å². The molecule has 2 aromatic heterocycles. The van der Waals surface area contributed by atoms with Gasteiger partial charge in [-0.25, -0.2) is 22.7 Å². The summed E-state index contributed by atoms with van der Waals surface area (Å²) in [6, 6.07) is 8.48. The molecule has 0 amide bonds. The predicted octanol–water partition coefficient (Wildman–Crippen LogP) is 2.97. The molecule has 1 aromatic carbocycles. The van der Waals surface area contributed by atoms with E-state index in [-0.39, 0.29) is 11.5 Å². The van der Waals surface area contributed by atoms with Gasteiger partial charge < -0.3 is 4.74 Å². The van der Waals surface area contributed by atoms with Crippen LogP contribution in [-0.4, -0.2) is 16.6 Å². The predicted molar refractivity (Wildman–Crippen MR) is 115 cm³/mol. The number of esters is 1. The van der Waals surface area contributed by atoms with Crippen LogP contribution in [-0.2, 0) is 29.3 Å². The van der Waals surface area contributed by atoms with Crippen molar-refractivity contribution in [3.8, 4) is 17.3 Å². The number of carbonyl (C=O) groups excluding carboxylic acids is 1. The first kappa shape index (κ1) is 21.0. The van der Waals surface area contributed by atoms with Crippen LogP contribution in [0.2, 0.25) is 0 Å². The molecular formula is C26H24F2N4O2+2. The van der Waals surface area contributed by atoms with E-state index >= 15 is 4.39 Å². The number of pyridine rings is 1. The van der Waals surface area contributed by atoms with Gasteiger partial charge in [-0.3, -0.25) is 0 Å². The Hall–Kier alpha value is -3.60. The SMILES string of the molecule is CCC12c3cc(F)c(C#N)c(F)c3-c3cccc[n+]3C1(C)C2C1C[n+]2cc(C)n(C)c2C(=O)O1. The highest BCUT2D eigenvalue weighted by molar-refractivity contribution is 5.84. The summed E-state index contributed by atoms with van der Waals surface area (Å²) in [5, 5.41) is 9.40. The number of halogens is 2. The highest BCUT2D eigenvalue weighted by Gasteiger charge is 2.86. The van der Waals surface area contributed by atoms with Crippen molar-refractivity contribution in [1.82, 2.24) is 4.57 Å². The zero-order chi connectivity index (χ0) is 24.2. The number of nitriles is 1. The van der Waals surface area contributed by atoms with E-state index < -0.39 is 40.2 Å². The molecule has 0 bridgehead atoms. The first-order valence-electron chi connectivity index (χ1n) is 11.4. The Morgan fingerprint density at radius 2 is 2.12 bits per heavy atom. The molecule has 6 rings (SSSR count). The van der Waals surface area contributed by atoms with Gasteiger partial charge in [0.1, 0.15) is 35.9 Å². The van der Waals surface area contributed by atoms with Gasteiger partial charge in [-0.1, -0.05) is 6.92 Å². The van der Waals surface area contributed by atoms with Crippen LogP contribution in [0.25, 0.3) is 11.3 Å². The zero-order valence-corrected chi connectivity index (χ0v) is 19.4. The summed E-state index contributed by atoms with van der Waals surface area (Å²) in [7, 11) is 1.83. The molecule has 172 valence electrons. The molecule has 4 heterocycles. The van der Waals surface area contributed by atoms with Crippen molar-refractivity contribution in [3.63, 3.8) is 0 Å². The number of hydrogen-bond acceptors (Lipinski definition) is 3. The van der Waals surface area contributed by atoms with Crippen molar-refractivity contribution in [2.75, 3.05) is 0 Å². The zero-order valence-electron chi connectivity index (χ0n) is 19.4. The Morgan fingerprint density at radius 3 is 2.82 bits per heavy atom. The van der Waals surface area contributed by atoms with Crippen molar-refractivity contribution >= 4 is 5.97 Å². The van der Waals surface area contributed by atoms with Crippen LogP contribution >= 0.6 is 0 Å². The van der Waals surface area contributed by atoms with Crippen LogP contribution in [0.5, 0.6) is 0 Å². The lowest BCUT2D eigenvalue weighted by Gasteiger charge is -2.27. The third kappa shape index (κ3) is 2.16. The molecule has 34 heavy (non-hydrogen) atoms. The summed E-state index contributed by atoms with van der Waals surface area (Å²) in [6.07, 6.45) is 3.94. The fourth-order valence-corrected chi connectivity index (χ4v) is 7.06. The number of rotatable bonds is 2. The Labute approximate surface area is 195 Å². The van der Waals surface area contributed by atoms with Crippen LogP contribution in [0.15, 0.2) is 36.7 Å². The average molecular weight is 463 g/mol. The fraction of sp³-hybridized carbons (Fsp3) is 0.385. The molecule has 0 N–H and O–H groups in total. The maximum absolute atomic E-state index is 15.6. The Balaban J connectivity index is 1.59. The minimum Gasteiger partial charge on any atom is -0.448 e. The van der Waals surface area contributed by atoms with Gasteiger partial charge in [-0.15, -0.1) is 0 Å². The monoisotopic (exact) mass is 462 g/mol. The average Bonchev–Trinajstić information content (AvgIpc) is 3.27. The fourth-order valence-electron chi connectivity index (χ4n) is 7.06. The molecule has 6 nitrogen and oxygen atoms in total. The number of cyclic esters (lactones) is 1. The number of fused-ring (bicyclic) bond motifs is 7. The molecule has 1 saturated carbocycles. The summed E-state index contributed by atoms with van der Waals surface area (Å²) in [6.45, 7) is 6.47. The number of aryl methyl sites for hydroxylation is 1. The molecule has 4 unspecified atom stereocenters. The summed E-state index contributed by atoms with van der Waals surface area (Å²) in [5.41, 5.74) is 0.521. The van der Waals surface area contributed by atoms with Gasteiger partial charge in [0.2, 0.25) is 5.69 Å². The number of benzene rings is 1. The van der Waals surface area contributed by atoms with E-state index in [2.05, 4.69) is 6.92 Å². The van der Waals surface area contributed by atoms with Crippen LogP contribution in [0.1, 0.15) is 47.7 Å². The second-order valence-corrected chi connectivity index (χ2v) is 9.74. The van der Waals surface area contributed by atoms with E-state index in [0.29, 0.717) is 30.0 Å². The molecule has 1 aliphatic carbocycles. The summed E-state index contributed by atoms with van der Waals surface area (Å²) < 4.78 is 42.3. The Bertz CT molecular complexity index is 1470. The van der Waals surface area contributed by atoms with Crippen molar-refractivity contribution in [2.45, 2.75) is 50.8 Å². The number of aromatic nitrogens is 3. The van der Waals surface area contributed by atoms with Gasteiger partial charge in [-0.2, -0.15) is 9.83 Å². The number of imidazole rings is 1. The van der Waals surface area contributed by atoms with E-state index in [1.807, 2.05) is 53.1 Å². The van der Waals surface area contributed by atoms with Gasteiger partial charge in [0.25, 0.3) is 0 Å². The first-order chi connectivity index (χ1) is 16.2. The van der Waals surface area contributed by atoms with Gasteiger partial charge in [0.05, 0.1) is 23.9 Å². The molecule has 2 aliphatic heterocycles. The van der Waals surface area contributed by atoms with Gasteiger partial charge >= 0.3 is 11.8 Å². The van der Waals surface area contributed by atoms with Crippen molar-refractivity contribution < 1.29 is 27.4 Å². The molecule has 3 aromatic rings. The summed E-state index contributed by atoms with van der Waals surface area (Å²) >= 11 is 0. The number of ether oxygens (including phenoxy) is 1. The molecule has 8 heteroatoms. The third-order valence-electron chi connectivity index (χ3n) is 8.59. The summed E-state index contributed by atoms with van der Waals surface area (Å²) in [5.74, 6) is -1.83. The third-order valence-corrected chi connectivity index (χ3v) is 8.59. The highest BCUT2D eigenvalue weighted by Crippen LogP contribution is 2.72. The first-order valence-corrected chi connectivity index (χ1v) is 11.4. The molecule has 3 aliphatic rings. The molecule has 0 radical (unpaired) electrons. The second kappa shape index (κ2) is 6.50. The van der Waals surface area contributed by atoms with Gasteiger partial charge in [0.15, 0.2) is 23.7 Å². The van der Waals surface area contributed by atoms with E-state index in [1.165, 1.54) is 6.07 Å². The lowest BCUT2D eigenvalue weighted by Crippen LogP contribution is -2.55. The minimum atomic E-state index is -0.861. The standard InChI is InChI=1S/C26H24F2N4O2/c1-5-26-16-10-17(27)15(11-29)21(28)20(16)18-8-6-7-9-32(18)25(26,3)22(26)19-13-31-12-14(2)30(4)23(31)24(33)34-19/h6-10,12,19,22H,5,13H2,1-4H3/q+2. The number of hydrogen-bond donors (Lipinski definition) is 0. The van der Waals surface area contributed by atoms with Crippen molar-refractivity contribution in [1.29, 1.82) is 5.26 Å². The van der Waals surface area contributed by atoms with Gasteiger partial charge in [-0.05, 0) is 24.1 Å². The van der Waals surface area contributed by atoms with Crippen molar-refractivity contribution in [3.05, 3.63) is 70.9 Å². The van der Waals surface area contributed by atoms with Crippen LogP contribution in [0, 0.1) is 35.8 Å². The lowest BCUT2D eigenvalue weighted by molar-refractivity contribution is -0.739. The molecule has 4 atom stereocenters. The largest absolute Gasteiger partial charge is 0.448 e. The highest BCUT2D eigenvalue weighted by atomic mass is 19.1. The topological polar surface area (TPSA) is 62.8 Å². The van der Waals surface area contributed by atoms with E-state index in [4.69, 9.17) is 4.74 Å². The summed E-state index contributed by atoms with van der Waals surface area (Å²) in [4.78, 5) is 13.0. The van der Waals surface area contributed by atoms with E-state index in [0.717, 1.165) is 5.69 Å². The van der Waals surface area contributed by atoms with E-state index in [9.17, 15) is 14.4 Å². The normalized spacial score (nSPS) is 28.2. The Kier molecular flexibility index (Phi) is 4.01. The van der Waals surface area contributed by atoms with Crippen LogP contribution in [0.4, 0.5) is 8.78 Å². The maximum Gasteiger partial charge on any atom is 0.422 e. The number of nitrogens with zero attached hydrogens (tertiary/aromatic N) is 4. The molecule has 0 spiro atoms. The minimum absolute atomic E-state index is 0.214. The quantitative estimate of drug-likeness (QED) is 0.435. The molecular weight excluding hydrogens is 438 g/mol. The Morgan fingerprint density at radius 1 is 1.35 bits per heavy atom. The lowest BCUT2D eigenvalue weighted by atomic mass is 9.79. The maximum atomic E-state index is 15.6. The molecule has 1 fully saturated rings. The second-order valence-electron chi connectivity index (χ2n) is 9.74. The molecule has 0 saturated heterocycles. The van der Waals surface area contributed by atoms with Crippen LogP contribution < -0.4 is 9.13 Å².